The smallest absolute Gasteiger partial charge is 0.253 e. The van der Waals surface area contributed by atoms with Crippen LogP contribution in [-0.4, -0.2) is 23.9 Å². The number of nitriles is 2. The van der Waals surface area contributed by atoms with Crippen LogP contribution in [0.25, 0.3) is 0 Å². The van der Waals surface area contributed by atoms with Crippen molar-refractivity contribution in [3.05, 3.63) is 35.9 Å². The van der Waals surface area contributed by atoms with Gasteiger partial charge >= 0.3 is 0 Å². The van der Waals surface area contributed by atoms with Gasteiger partial charge in [0.15, 0.2) is 0 Å². The average molecular weight is 227 g/mol. The average Bonchev–Trinajstić information content (AvgIpc) is 2.39. The zero-order chi connectivity index (χ0) is 12.5. The Kier molecular flexibility index (Phi) is 5.27. The second-order valence-corrected chi connectivity index (χ2v) is 3.47. The topological polar surface area (TPSA) is 67.9 Å². The first-order chi connectivity index (χ1) is 8.29. The van der Waals surface area contributed by atoms with Gasteiger partial charge in [-0.15, -0.1) is 0 Å². The SMILES string of the molecule is N#CCCN(CCC#N)C(=O)c1ccccc1. The Labute approximate surface area is 101 Å². The van der Waals surface area contributed by atoms with Crippen molar-refractivity contribution in [1.29, 1.82) is 10.5 Å². The molecule has 0 bridgehead atoms. The van der Waals surface area contributed by atoms with Gasteiger partial charge in [-0.2, -0.15) is 10.5 Å². The van der Waals surface area contributed by atoms with E-state index in [1.807, 2.05) is 18.2 Å². The summed E-state index contributed by atoms with van der Waals surface area (Å²) in [7, 11) is 0. The van der Waals surface area contributed by atoms with Crippen molar-refractivity contribution < 1.29 is 4.79 Å². The van der Waals surface area contributed by atoms with Gasteiger partial charge in [0.25, 0.3) is 5.91 Å². The van der Waals surface area contributed by atoms with Crippen molar-refractivity contribution in [2.45, 2.75) is 12.8 Å². The van der Waals surface area contributed by atoms with E-state index >= 15 is 0 Å². The monoisotopic (exact) mass is 227 g/mol. The highest BCUT2D eigenvalue weighted by atomic mass is 16.2. The lowest BCUT2D eigenvalue weighted by Gasteiger charge is -2.20. The second-order valence-electron chi connectivity index (χ2n) is 3.47. The Morgan fingerprint density at radius 2 is 1.59 bits per heavy atom. The van der Waals surface area contributed by atoms with E-state index in [4.69, 9.17) is 10.5 Å². The molecule has 17 heavy (non-hydrogen) atoms. The summed E-state index contributed by atoms with van der Waals surface area (Å²) in [4.78, 5) is 13.6. The highest BCUT2D eigenvalue weighted by molar-refractivity contribution is 5.94. The quantitative estimate of drug-likeness (QED) is 0.772. The van der Waals surface area contributed by atoms with Crippen molar-refractivity contribution in [1.82, 2.24) is 4.90 Å². The lowest BCUT2D eigenvalue weighted by Crippen LogP contribution is -2.32. The van der Waals surface area contributed by atoms with Crippen molar-refractivity contribution in [3.8, 4) is 12.1 Å². The number of carbonyl (C=O) groups is 1. The van der Waals surface area contributed by atoms with E-state index in [-0.39, 0.29) is 18.7 Å². The fourth-order valence-corrected chi connectivity index (χ4v) is 1.45. The van der Waals surface area contributed by atoms with Crippen LogP contribution in [-0.2, 0) is 0 Å². The van der Waals surface area contributed by atoms with Crippen molar-refractivity contribution >= 4 is 5.91 Å². The molecule has 1 rings (SSSR count). The van der Waals surface area contributed by atoms with Crippen LogP contribution in [0.5, 0.6) is 0 Å². The lowest BCUT2D eigenvalue weighted by molar-refractivity contribution is 0.0762. The molecule has 0 aliphatic carbocycles. The minimum absolute atomic E-state index is 0.129. The van der Waals surface area contributed by atoms with E-state index < -0.39 is 0 Å². The third kappa shape index (κ3) is 3.96. The minimum Gasteiger partial charge on any atom is -0.337 e. The third-order valence-corrected chi connectivity index (χ3v) is 2.30. The van der Waals surface area contributed by atoms with Gasteiger partial charge < -0.3 is 4.90 Å². The molecule has 86 valence electrons. The first kappa shape index (κ1) is 12.7. The summed E-state index contributed by atoms with van der Waals surface area (Å²) < 4.78 is 0. The fraction of sp³-hybridized carbons (Fsp3) is 0.308. The predicted molar refractivity (Wildman–Crippen MR) is 62.8 cm³/mol. The molecule has 0 N–H and O–H groups in total. The number of hydrogen-bond donors (Lipinski definition) is 0. The van der Waals surface area contributed by atoms with Crippen LogP contribution in [0.1, 0.15) is 23.2 Å². The Morgan fingerprint density at radius 3 is 2.06 bits per heavy atom. The standard InChI is InChI=1S/C13H13N3O/c14-8-4-10-16(11-5-9-15)13(17)12-6-2-1-3-7-12/h1-3,6-7H,4-5,10-11H2. The normalized spacial score (nSPS) is 9.06. The van der Waals surface area contributed by atoms with Crippen molar-refractivity contribution in [2.75, 3.05) is 13.1 Å². The molecule has 0 saturated carbocycles. The molecule has 0 spiro atoms. The lowest BCUT2D eigenvalue weighted by atomic mass is 10.2. The molecule has 0 saturated heterocycles. The van der Waals surface area contributed by atoms with E-state index in [0.717, 1.165) is 0 Å². The van der Waals surface area contributed by atoms with Crippen LogP contribution in [0, 0.1) is 22.7 Å². The summed E-state index contributed by atoms with van der Waals surface area (Å²) in [6.45, 7) is 0.734. The molecule has 0 aliphatic rings. The van der Waals surface area contributed by atoms with Gasteiger partial charge in [-0.05, 0) is 12.1 Å². The highest BCUT2D eigenvalue weighted by Crippen LogP contribution is 2.06. The molecule has 0 heterocycles. The fourth-order valence-electron chi connectivity index (χ4n) is 1.45. The Balaban J connectivity index is 2.73. The maximum absolute atomic E-state index is 12.1. The molecule has 4 heteroatoms. The third-order valence-electron chi connectivity index (χ3n) is 2.30. The van der Waals surface area contributed by atoms with E-state index in [1.54, 1.807) is 29.2 Å². The van der Waals surface area contributed by atoms with Crippen molar-refractivity contribution in [3.63, 3.8) is 0 Å². The van der Waals surface area contributed by atoms with Crippen LogP contribution in [0.2, 0.25) is 0 Å². The van der Waals surface area contributed by atoms with Crippen LogP contribution >= 0.6 is 0 Å². The van der Waals surface area contributed by atoms with Gasteiger partial charge in [-0.3, -0.25) is 4.79 Å². The van der Waals surface area contributed by atoms with Crippen LogP contribution in [0.15, 0.2) is 30.3 Å². The van der Waals surface area contributed by atoms with E-state index in [2.05, 4.69) is 0 Å². The molecule has 0 aromatic heterocycles. The van der Waals surface area contributed by atoms with Crippen LogP contribution < -0.4 is 0 Å². The van der Waals surface area contributed by atoms with Gasteiger partial charge in [0.05, 0.1) is 25.0 Å². The van der Waals surface area contributed by atoms with Gasteiger partial charge in [0, 0.05) is 18.7 Å². The number of hydrogen-bond acceptors (Lipinski definition) is 3. The number of amides is 1. The zero-order valence-corrected chi connectivity index (χ0v) is 9.47. The first-order valence-electron chi connectivity index (χ1n) is 5.38. The maximum Gasteiger partial charge on any atom is 0.253 e. The molecule has 0 radical (unpaired) electrons. The van der Waals surface area contributed by atoms with E-state index in [0.29, 0.717) is 18.7 Å². The Morgan fingerprint density at radius 1 is 1.06 bits per heavy atom. The molecule has 1 aromatic rings. The molecular formula is C13H13N3O. The molecule has 1 aromatic carbocycles. The van der Waals surface area contributed by atoms with Crippen molar-refractivity contribution in [2.24, 2.45) is 0 Å². The molecule has 4 nitrogen and oxygen atoms in total. The number of nitrogens with zero attached hydrogens (tertiary/aromatic N) is 3. The predicted octanol–water partition coefficient (Wildman–Crippen LogP) is 1.96. The van der Waals surface area contributed by atoms with Gasteiger partial charge in [-0.25, -0.2) is 0 Å². The van der Waals surface area contributed by atoms with Gasteiger partial charge in [0.1, 0.15) is 0 Å². The molecular weight excluding hydrogens is 214 g/mol. The van der Waals surface area contributed by atoms with Gasteiger partial charge in [0.2, 0.25) is 0 Å². The number of rotatable bonds is 5. The summed E-state index contributed by atoms with van der Waals surface area (Å²) in [6.07, 6.45) is 0.563. The summed E-state index contributed by atoms with van der Waals surface area (Å²) >= 11 is 0. The second kappa shape index (κ2) is 7.03. The minimum atomic E-state index is -0.129. The van der Waals surface area contributed by atoms with E-state index in [1.165, 1.54) is 0 Å². The first-order valence-corrected chi connectivity index (χ1v) is 5.38. The van der Waals surface area contributed by atoms with Crippen LogP contribution in [0.3, 0.4) is 0 Å². The number of carbonyl (C=O) groups excluding carboxylic acids is 1. The summed E-state index contributed by atoms with van der Waals surface area (Å²) in [5.74, 6) is -0.129. The molecule has 0 atom stereocenters. The maximum atomic E-state index is 12.1. The number of benzene rings is 1. The molecule has 0 fully saturated rings. The summed E-state index contributed by atoms with van der Waals surface area (Å²) in [5, 5.41) is 17.1. The van der Waals surface area contributed by atoms with Crippen LogP contribution in [0.4, 0.5) is 0 Å². The molecule has 0 unspecified atom stereocenters. The Hall–Kier alpha value is -2.33. The molecule has 0 aliphatic heterocycles. The summed E-state index contributed by atoms with van der Waals surface area (Å²) in [5.41, 5.74) is 0.586. The molecule has 1 amide bonds. The largest absolute Gasteiger partial charge is 0.337 e. The highest BCUT2D eigenvalue weighted by Gasteiger charge is 2.14. The Bertz CT molecular complexity index is 424. The van der Waals surface area contributed by atoms with Gasteiger partial charge in [-0.1, -0.05) is 18.2 Å². The summed E-state index contributed by atoms with van der Waals surface area (Å²) in [6, 6.07) is 12.9. The van der Waals surface area contributed by atoms with E-state index in [9.17, 15) is 4.79 Å². The zero-order valence-electron chi connectivity index (χ0n) is 9.47.